The number of carboxylic acids is 1. The van der Waals surface area contributed by atoms with Gasteiger partial charge in [-0.15, -0.1) is 0 Å². The van der Waals surface area contributed by atoms with Crippen LogP contribution in [0.4, 0.5) is 4.79 Å². The second-order valence-electron chi connectivity index (χ2n) is 6.17. The number of nitrogens with zero attached hydrogens (tertiary/aromatic N) is 2. The van der Waals surface area contributed by atoms with Gasteiger partial charge in [-0.25, -0.2) is 4.79 Å². The maximum Gasteiger partial charge on any atom is 0.320 e. The number of hydrogen-bond acceptors (Lipinski definition) is 2. The monoisotopic (exact) mass is 266 g/mol. The van der Waals surface area contributed by atoms with Gasteiger partial charge < -0.3 is 14.9 Å². The first-order valence-electron chi connectivity index (χ1n) is 7.45. The Hall–Kier alpha value is -1.26. The summed E-state index contributed by atoms with van der Waals surface area (Å²) < 4.78 is 0. The third kappa shape index (κ3) is 2.30. The van der Waals surface area contributed by atoms with E-state index in [2.05, 4.69) is 0 Å². The van der Waals surface area contributed by atoms with Crippen molar-refractivity contribution in [1.82, 2.24) is 9.80 Å². The molecule has 3 rings (SSSR count). The van der Waals surface area contributed by atoms with Gasteiger partial charge in [-0.05, 0) is 31.6 Å². The SMILES string of the molecule is O=C(O)C1CN(C(=O)N2CCCC2C2CCCC2)C1. The van der Waals surface area contributed by atoms with Crippen molar-refractivity contribution in [2.75, 3.05) is 19.6 Å². The summed E-state index contributed by atoms with van der Waals surface area (Å²) in [5.74, 6) is -0.447. The Morgan fingerprint density at radius 1 is 1.00 bits per heavy atom. The van der Waals surface area contributed by atoms with Gasteiger partial charge in [0.2, 0.25) is 0 Å². The van der Waals surface area contributed by atoms with Gasteiger partial charge in [0.25, 0.3) is 0 Å². The van der Waals surface area contributed by atoms with Crippen LogP contribution in [-0.4, -0.2) is 52.6 Å². The van der Waals surface area contributed by atoms with Gasteiger partial charge >= 0.3 is 12.0 Å². The lowest BCUT2D eigenvalue weighted by Crippen LogP contribution is -2.58. The molecule has 0 radical (unpaired) electrons. The molecule has 0 aromatic rings. The van der Waals surface area contributed by atoms with Crippen LogP contribution in [0.2, 0.25) is 0 Å². The van der Waals surface area contributed by atoms with E-state index >= 15 is 0 Å². The highest BCUT2D eigenvalue weighted by molar-refractivity contribution is 5.80. The lowest BCUT2D eigenvalue weighted by molar-refractivity contribution is -0.146. The molecule has 1 saturated carbocycles. The van der Waals surface area contributed by atoms with Crippen molar-refractivity contribution < 1.29 is 14.7 Å². The summed E-state index contributed by atoms with van der Waals surface area (Å²) in [6, 6.07) is 0.491. The number of hydrogen-bond donors (Lipinski definition) is 1. The number of amides is 2. The molecule has 0 aromatic heterocycles. The van der Waals surface area contributed by atoms with Crippen LogP contribution in [0.25, 0.3) is 0 Å². The van der Waals surface area contributed by atoms with Gasteiger partial charge in [0.15, 0.2) is 0 Å². The van der Waals surface area contributed by atoms with E-state index in [4.69, 9.17) is 5.11 Å². The second kappa shape index (κ2) is 5.02. The van der Waals surface area contributed by atoms with Crippen molar-refractivity contribution >= 4 is 12.0 Å². The quantitative estimate of drug-likeness (QED) is 0.828. The summed E-state index contributed by atoms with van der Waals surface area (Å²) in [5.41, 5.74) is 0. The molecule has 1 N–H and O–H groups in total. The van der Waals surface area contributed by atoms with E-state index < -0.39 is 5.97 Å². The molecule has 19 heavy (non-hydrogen) atoms. The minimum Gasteiger partial charge on any atom is -0.481 e. The lowest BCUT2D eigenvalue weighted by atomic mass is 9.96. The summed E-state index contributed by atoms with van der Waals surface area (Å²) >= 11 is 0. The Balaban J connectivity index is 1.58. The fraction of sp³-hybridized carbons (Fsp3) is 0.857. The summed E-state index contributed by atoms with van der Waals surface area (Å²) in [6.07, 6.45) is 7.34. The number of carbonyl (C=O) groups excluding carboxylic acids is 1. The van der Waals surface area contributed by atoms with Gasteiger partial charge in [0.05, 0.1) is 5.92 Å². The van der Waals surface area contributed by atoms with E-state index in [9.17, 15) is 9.59 Å². The van der Waals surface area contributed by atoms with Crippen molar-refractivity contribution in [1.29, 1.82) is 0 Å². The first-order valence-corrected chi connectivity index (χ1v) is 7.45. The molecule has 0 spiro atoms. The van der Waals surface area contributed by atoms with E-state index in [1.54, 1.807) is 4.90 Å². The highest BCUT2D eigenvalue weighted by Crippen LogP contribution is 2.36. The molecule has 1 atom stereocenters. The number of likely N-dealkylation sites (tertiary alicyclic amines) is 2. The van der Waals surface area contributed by atoms with Crippen LogP contribution in [-0.2, 0) is 4.79 Å². The standard InChI is InChI=1S/C14H22N2O3/c17-13(18)11-8-15(9-11)14(19)16-7-3-6-12(16)10-4-1-2-5-10/h10-12H,1-9H2,(H,17,18). The van der Waals surface area contributed by atoms with E-state index in [1.807, 2.05) is 4.90 Å². The van der Waals surface area contributed by atoms with Crippen LogP contribution in [0.1, 0.15) is 38.5 Å². The molecule has 1 unspecified atom stereocenters. The molecule has 2 amide bonds. The summed E-state index contributed by atoms with van der Waals surface area (Å²) in [4.78, 5) is 26.9. The zero-order valence-corrected chi connectivity index (χ0v) is 11.3. The average Bonchev–Trinajstić information content (AvgIpc) is 2.97. The Labute approximate surface area is 113 Å². The third-order valence-electron chi connectivity index (χ3n) is 4.99. The molecule has 0 bridgehead atoms. The van der Waals surface area contributed by atoms with Crippen LogP contribution in [0, 0.1) is 11.8 Å². The normalized spacial score (nSPS) is 28.7. The van der Waals surface area contributed by atoms with Crippen LogP contribution in [0.5, 0.6) is 0 Å². The van der Waals surface area contributed by atoms with Crippen molar-refractivity contribution in [3.05, 3.63) is 0 Å². The van der Waals surface area contributed by atoms with E-state index in [0.29, 0.717) is 25.0 Å². The van der Waals surface area contributed by atoms with Crippen molar-refractivity contribution in [3.63, 3.8) is 0 Å². The number of carbonyl (C=O) groups is 2. The zero-order chi connectivity index (χ0) is 13.4. The smallest absolute Gasteiger partial charge is 0.320 e. The number of carboxylic acid groups (broad SMARTS) is 1. The fourth-order valence-corrected chi connectivity index (χ4v) is 3.83. The molecule has 3 aliphatic rings. The highest BCUT2D eigenvalue weighted by atomic mass is 16.4. The lowest BCUT2D eigenvalue weighted by Gasteiger charge is -2.41. The van der Waals surface area contributed by atoms with Gasteiger partial charge in [0.1, 0.15) is 0 Å². The minimum absolute atomic E-state index is 0.0758. The number of aliphatic carboxylic acids is 1. The minimum atomic E-state index is -0.780. The summed E-state index contributed by atoms with van der Waals surface area (Å²) in [5, 5.41) is 8.87. The van der Waals surface area contributed by atoms with Crippen molar-refractivity contribution in [3.8, 4) is 0 Å². The number of rotatable bonds is 2. The van der Waals surface area contributed by atoms with Crippen LogP contribution in [0.15, 0.2) is 0 Å². The fourth-order valence-electron chi connectivity index (χ4n) is 3.83. The van der Waals surface area contributed by atoms with E-state index in [0.717, 1.165) is 19.4 Å². The Bertz CT molecular complexity index is 373. The predicted molar refractivity (Wildman–Crippen MR) is 69.8 cm³/mol. The third-order valence-corrected chi connectivity index (χ3v) is 4.99. The molecule has 5 heteroatoms. The topological polar surface area (TPSA) is 60.9 Å². The van der Waals surface area contributed by atoms with Crippen LogP contribution >= 0.6 is 0 Å². The van der Waals surface area contributed by atoms with E-state index in [1.165, 1.54) is 25.7 Å². The molecule has 2 aliphatic heterocycles. The van der Waals surface area contributed by atoms with Gasteiger partial charge in [0, 0.05) is 25.7 Å². The molecule has 5 nitrogen and oxygen atoms in total. The molecule has 0 aromatic carbocycles. The molecule has 2 heterocycles. The van der Waals surface area contributed by atoms with Gasteiger partial charge in [-0.3, -0.25) is 4.79 Å². The molecule has 3 fully saturated rings. The molecule has 2 saturated heterocycles. The molecule has 106 valence electrons. The van der Waals surface area contributed by atoms with Gasteiger partial charge in [-0.1, -0.05) is 12.8 Å². The first-order chi connectivity index (χ1) is 9.16. The predicted octanol–water partition coefficient (Wildman–Crippen LogP) is 1.78. The largest absolute Gasteiger partial charge is 0.481 e. The maximum absolute atomic E-state index is 12.4. The second-order valence-corrected chi connectivity index (χ2v) is 6.17. The average molecular weight is 266 g/mol. The summed E-state index contributed by atoms with van der Waals surface area (Å²) in [6.45, 7) is 1.64. The van der Waals surface area contributed by atoms with E-state index in [-0.39, 0.29) is 11.9 Å². The van der Waals surface area contributed by atoms with Crippen LogP contribution < -0.4 is 0 Å². The maximum atomic E-state index is 12.4. The molecule has 1 aliphatic carbocycles. The first kappa shape index (κ1) is 12.8. The Kier molecular flexibility index (Phi) is 3.37. The highest BCUT2D eigenvalue weighted by Gasteiger charge is 2.42. The van der Waals surface area contributed by atoms with Crippen LogP contribution in [0.3, 0.4) is 0 Å². The van der Waals surface area contributed by atoms with Gasteiger partial charge in [-0.2, -0.15) is 0 Å². The van der Waals surface area contributed by atoms with Crippen molar-refractivity contribution in [2.24, 2.45) is 11.8 Å². The Morgan fingerprint density at radius 3 is 2.32 bits per heavy atom. The molecular formula is C14H22N2O3. The zero-order valence-electron chi connectivity index (χ0n) is 11.3. The van der Waals surface area contributed by atoms with Crippen molar-refractivity contribution in [2.45, 2.75) is 44.6 Å². The molecular weight excluding hydrogens is 244 g/mol. The Morgan fingerprint density at radius 2 is 1.68 bits per heavy atom. The number of urea groups is 1. The summed E-state index contributed by atoms with van der Waals surface area (Å²) in [7, 11) is 0.